The summed E-state index contributed by atoms with van der Waals surface area (Å²) in [6.07, 6.45) is 4.56. The van der Waals surface area contributed by atoms with Crippen LogP contribution in [-0.2, 0) is 6.42 Å². The molecular formula is C18H23N3O. The lowest BCUT2D eigenvalue weighted by molar-refractivity contribution is 0.0953. The molecule has 4 heteroatoms. The first-order valence-electron chi connectivity index (χ1n) is 7.81. The van der Waals surface area contributed by atoms with Crippen LogP contribution in [0.2, 0.25) is 0 Å². The number of pyridine rings is 1. The van der Waals surface area contributed by atoms with Crippen molar-refractivity contribution in [3.63, 3.8) is 0 Å². The Bertz CT molecular complexity index is 567. The summed E-state index contributed by atoms with van der Waals surface area (Å²) in [5, 5.41) is 6.12. The number of benzene rings is 1. The predicted molar refractivity (Wildman–Crippen MR) is 90.1 cm³/mol. The highest BCUT2D eigenvalue weighted by atomic mass is 16.1. The third-order valence-electron chi connectivity index (χ3n) is 3.35. The van der Waals surface area contributed by atoms with E-state index < -0.39 is 0 Å². The van der Waals surface area contributed by atoms with Crippen molar-refractivity contribution in [1.29, 1.82) is 0 Å². The average molecular weight is 297 g/mol. The van der Waals surface area contributed by atoms with Crippen LogP contribution < -0.4 is 10.6 Å². The molecule has 0 atom stereocenters. The van der Waals surface area contributed by atoms with E-state index in [1.54, 1.807) is 12.3 Å². The summed E-state index contributed by atoms with van der Waals surface area (Å²) in [6.45, 7) is 3.66. The molecule has 4 nitrogen and oxygen atoms in total. The predicted octanol–water partition coefficient (Wildman–Crippen LogP) is 3.27. The Morgan fingerprint density at radius 2 is 1.91 bits per heavy atom. The highest BCUT2D eigenvalue weighted by Crippen LogP contribution is 2.05. The first-order valence-corrected chi connectivity index (χ1v) is 7.81. The number of aryl methyl sites for hydroxylation is 1. The Morgan fingerprint density at radius 3 is 2.59 bits per heavy atom. The lowest BCUT2D eigenvalue weighted by atomic mass is 10.1. The van der Waals surface area contributed by atoms with Gasteiger partial charge in [-0.3, -0.25) is 4.79 Å². The number of aromatic nitrogens is 1. The highest BCUT2D eigenvalue weighted by molar-refractivity contribution is 5.94. The van der Waals surface area contributed by atoms with Crippen molar-refractivity contribution >= 4 is 11.7 Å². The Morgan fingerprint density at radius 1 is 1.09 bits per heavy atom. The molecule has 116 valence electrons. The van der Waals surface area contributed by atoms with Crippen molar-refractivity contribution in [2.24, 2.45) is 0 Å². The fourth-order valence-electron chi connectivity index (χ4n) is 2.13. The van der Waals surface area contributed by atoms with Gasteiger partial charge < -0.3 is 10.6 Å². The van der Waals surface area contributed by atoms with Crippen LogP contribution in [0.5, 0.6) is 0 Å². The molecule has 0 bridgehead atoms. The van der Waals surface area contributed by atoms with Gasteiger partial charge in [-0.25, -0.2) is 4.98 Å². The summed E-state index contributed by atoms with van der Waals surface area (Å²) < 4.78 is 0. The molecule has 22 heavy (non-hydrogen) atoms. The van der Waals surface area contributed by atoms with E-state index in [4.69, 9.17) is 0 Å². The molecule has 1 amide bonds. The number of nitrogens with zero attached hydrogens (tertiary/aromatic N) is 1. The van der Waals surface area contributed by atoms with Crippen LogP contribution >= 0.6 is 0 Å². The van der Waals surface area contributed by atoms with E-state index in [0.29, 0.717) is 12.1 Å². The normalized spacial score (nSPS) is 10.2. The molecule has 0 unspecified atom stereocenters. The number of hydrogen-bond donors (Lipinski definition) is 2. The minimum Gasteiger partial charge on any atom is -0.370 e. The zero-order valence-electron chi connectivity index (χ0n) is 13.0. The molecule has 2 aromatic rings. The van der Waals surface area contributed by atoms with E-state index in [1.807, 2.05) is 24.3 Å². The SMILES string of the molecule is CCCNc1ccc(C(=O)NCCCc2ccccc2)cn1. The van der Waals surface area contributed by atoms with Gasteiger partial charge in [0.2, 0.25) is 0 Å². The van der Waals surface area contributed by atoms with Crippen LogP contribution in [0.15, 0.2) is 48.7 Å². The molecule has 1 aromatic carbocycles. The van der Waals surface area contributed by atoms with Crippen molar-refractivity contribution in [1.82, 2.24) is 10.3 Å². The lowest BCUT2D eigenvalue weighted by Crippen LogP contribution is -2.24. The Balaban J connectivity index is 1.72. The monoisotopic (exact) mass is 297 g/mol. The van der Waals surface area contributed by atoms with E-state index in [1.165, 1.54) is 5.56 Å². The molecule has 0 spiro atoms. The number of amides is 1. The largest absolute Gasteiger partial charge is 0.370 e. The number of hydrogen-bond acceptors (Lipinski definition) is 3. The average Bonchev–Trinajstić information content (AvgIpc) is 2.58. The Kier molecular flexibility index (Phi) is 6.42. The molecule has 0 radical (unpaired) electrons. The van der Waals surface area contributed by atoms with Crippen LogP contribution in [0.25, 0.3) is 0 Å². The molecule has 1 heterocycles. The van der Waals surface area contributed by atoms with Crippen molar-refractivity contribution in [2.45, 2.75) is 26.2 Å². The maximum atomic E-state index is 12.0. The van der Waals surface area contributed by atoms with Crippen LogP contribution in [0.3, 0.4) is 0 Å². The smallest absolute Gasteiger partial charge is 0.252 e. The van der Waals surface area contributed by atoms with E-state index >= 15 is 0 Å². The molecule has 1 aromatic heterocycles. The maximum Gasteiger partial charge on any atom is 0.252 e. The van der Waals surface area contributed by atoms with Gasteiger partial charge in [0.15, 0.2) is 0 Å². The molecule has 0 saturated carbocycles. The third kappa shape index (κ3) is 5.20. The summed E-state index contributed by atoms with van der Waals surface area (Å²) in [6, 6.07) is 13.9. The minimum absolute atomic E-state index is 0.0670. The van der Waals surface area contributed by atoms with Gasteiger partial charge >= 0.3 is 0 Å². The quantitative estimate of drug-likeness (QED) is 0.735. The van der Waals surface area contributed by atoms with Crippen LogP contribution in [-0.4, -0.2) is 24.0 Å². The summed E-state index contributed by atoms with van der Waals surface area (Å²) in [7, 11) is 0. The summed E-state index contributed by atoms with van der Waals surface area (Å²) >= 11 is 0. The Hall–Kier alpha value is -2.36. The molecule has 0 aliphatic rings. The molecule has 0 fully saturated rings. The van der Waals surface area contributed by atoms with Crippen molar-refractivity contribution < 1.29 is 4.79 Å². The second kappa shape index (κ2) is 8.82. The molecular weight excluding hydrogens is 274 g/mol. The second-order valence-electron chi connectivity index (χ2n) is 5.20. The number of carbonyl (C=O) groups is 1. The minimum atomic E-state index is -0.0670. The summed E-state index contributed by atoms with van der Waals surface area (Å²) in [5.41, 5.74) is 1.89. The molecule has 2 N–H and O–H groups in total. The van der Waals surface area contributed by atoms with Crippen LogP contribution in [0, 0.1) is 0 Å². The van der Waals surface area contributed by atoms with E-state index in [0.717, 1.165) is 31.6 Å². The van der Waals surface area contributed by atoms with Gasteiger partial charge in [-0.15, -0.1) is 0 Å². The first-order chi connectivity index (χ1) is 10.8. The molecule has 0 aliphatic heterocycles. The van der Waals surface area contributed by atoms with Crippen LogP contribution in [0.1, 0.15) is 35.7 Å². The fraction of sp³-hybridized carbons (Fsp3) is 0.333. The van der Waals surface area contributed by atoms with Crippen molar-refractivity contribution in [2.75, 3.05) is 18.4 Å². The van der Waals surface area contributed by atoms with Gasteiger partial charge in [0.1, 0.15) is 5.82 Å². The van der Waals surface area contributed by atoms with Gasteiger partial charge in [-0.05, 0) is 37.0 Å². The lowest BCUT2D eigenvalue weighted by Gasteiger charge is -2.07. The topological polar surface area (TPSA) is 54.0 Å². The van der Waals surface area contributed by atoms with E-state index in [-0.39, 0.29) is 5.91 Å². The van der Waals surface area contributed by atoms with Gasteiger partial charge in [0, 0.05) is 19.3 Å². The number of nitrogens with one attached hydrogen (secondary N) is 2. The van der Waals surface area contributed by atoms with Crippen molar-refractivity contribution in [3.05, 3.63) is 59.8 Å². The molecule has 0 saturated heterocycles. The molecule has 2 rings (SSSR count). The third-order valence-corrected chi connectivity index (χ3v) is 3.35. The fourth-order valence-corrected chi connectivity index (χ4v) is 2.13. The number of rotatable bonds is 8. The first kappa shape index (κ1) is 16.0. The number of carbonyl (C=O) groups excluding carboxylic acids is 1. The highest BCUT2D eigenvalue weighted by Gasteiger charge is 2.05. The molecule has 0 aliphatic carbocycles. The van der Waals surface area contributed by atoms with Crippen molar-refractivity contribution in [3.8, 4) is 0 Å². The summed E-state index contributed by atoms with van der Waals surface area (Å²) in [4.78, 5) is 16.3. The van der Waals surface area contributed by atoms with Gasteiger partial charge in [0.05, 0.1) is 5.56 Å². The second-order valence-corrected chi connectivity index (χ2v) is 5.20. The summed E-state index contributed by atoms with van der Waals surface area (Å²) in [5.74, 6) is 0.741. The van der Waals surface area contributed by atoms with Gasteiger partial charge in [0.25, 0.3) is 5.91 Å². The zero-order chi connectivity index (χ0) is 15.6. The van der Waals surface area contributed by atoms with E-state index in [2.05, 4.69) is 34.7 Å². The van der Waals surface area contributed by atoms with Gasteiger partial charge in [-0.1, -0.05) is 37.3 Å². The standard InChI is InChI=1S/C18H23N3O/c1-2-12-19-17-11-10-16(14-21-17)18(22)20-13-6-9-15-7-4-3-5-8-15/h3-5,7-8,10-11,14H,2,6,9,12-13H2,1H3,(H,19,21)(H,20,22). The maximum absolute atomic E-state index is 12.0. The van der Waals surface area contributed by atoms with Gasteiger partial charge in [-0.2, -0.15) is 0 Å². The number of anilines is 1. The Labute approximate surface area is 132 Å². The zero-order valence-corrected chi connectivity index (χ0v) is 13.0. The van der Waals surface area contributed by atoms with Crippen LogP contribution in [0.4, 0.5) is 5.82 Å². The van der Waals surface area contributed by atoms with E-state index in [9.17, 15) is 4.79 Å².